The first-order valence-corrected chi connectivity index (χ1v) is 7.87. The van der Waals surface area contributed by atoms with Crippen molar-refractivity contribution in [2.45, 2.75) is 19.9 Å². The van der Waals surface area contributed by atoms with Gasteiger partial charge in [-0.2, -0.15) is 5.26 Å². The van der Waals surface area contributed by atoms with Crippen LogP contribution >= 0.6 is 11.3 Å². The van der Waals surface area contributed by atoms with Crippen LogP contribution in [0.1, 0.15) is 29.1 Å². The number of anilines is 2. The summed E-state index contributed by atoms with van der Waals surface area (Å²) in [5.41, 5.74) is 6.74. The van der Waals surface area contributed by atoms with Crippen LogP contribution in [0.25, 0.3) is 0 Å². The molecule has 21 heavy (non-hydrogen) atoms. The molecule has 1 atom stereocenters. The summed E-state index contributed by atoms with van der Waals surface area (Å²) >= 11 is 1.32. The molecule has 1 aliphatic rings. The molecular formula is C14H21N5OS. The van der Waals surface area contributed by atoms with E-state index >= 15 is 0 Å². The molecule has 1 fully saturated rings. The minimum Gasteiger partial charge on any atom is -0.396 e. The van der Waals surface area contributed by atoms with Crippen molar-refractivity contribution in [1.29, 1.82) is 5.26 Å². The van der Waals surface area contributed by atoms with Crippen LogP contribution in [0.4, 0.5) is 10.7 Å². The van der Waals surface area contributed by atoms with Gasteiger partial charge in [0.25, 0.3) is 5.91 Å². The molecule has 1 aromatic heterocycles. The van der Waals surface area contributed by atoms with Gasteiger partial charge in [-0.25, -0.2) is 0 Å². The summed E-state index contributed by atoms with van der Waals surface area (Å²) in [5, 5.41) is 13.0. The van der Waals surface area contributed by atoms with Gasteiger partial charge in [-0.1, -0.05) is 0 Å². The zero-order valence-electron chi connectivity index (χ0n) is 12.6. The number of likely N-dealkylation sites (N-methyl/N-ethyl adjacent to an activating group) is 1. The van der Waals surface area contributed by atoms with E-state index in [-0.39, 0.29) is 11.9 Å². The largest absolute Gasteiger partial charge is 0.396 e. The number of carbonyl (C=O) groups is 1. The fraction of sp³-hybridized carbons (Fsp3) is 0.571. The van der Waals surface area contributed by atoms with Crippen LogP contribution in [-0.4, -0.2) is 50.1 Å². The average molecular weight is 307 g/mol. The Hall–Kier alpha value is -1.78. The van der Waals surface area contributed by atoms with Gasteiger partial charge >= 0.3 is 0 Å². The Morgan fingerprint density at radius 1 is 1.57 bits per heavy atom. The molecular weight excluding hydrogens is 286 g/mol. The van der Waals surface area contributed by atoms with Gasteiger partial charge in [-0.05, 0) is 20.9 Å². The lowest BCUT2D eigenvalue weighted by Crippen LogP contribution is -2.50. The lowest BCUT2D eigenvalue weighted by molar-refractivity contribution is 0.0960. The van der Waals surface area contributed by atoms with Gasteiger partial charge in [0.1, 0.15) is 21.5 Å². The van der Waals surface area contributed by atoms with Gasteiger partial charge in [0.2, 0.25) is 0 Å². The Labute approximate surface area is 129 Å². The molecule has 0 saturated carbocycles. The van der Waals surface area contributed by atoms with Crippen LogP contribution < -0.4 is 16.0 Å². The van der Waals surface area contributed by atoms with Crippen molar-refractivity contribution < 1.29 is 4.79 Å². The van der Waals surface area contributed by atoms with E-state index in [1.165, 1.54) is 11.3 Å². The average Bonchev–Trinajstić information content (AvgIpc) is 2.76. The number of nitrogens with two attached hydrogens (primary N) is 1. The molecule has 1 aromatic rings. The highest BCUT2D eigenvalue weighted by atomic mass is 32.1. The number of piperazine rings is 1. The molecule has 2 rings (SSSR count). The molecule has 6 nitrogen and oxygen atoms in total. The van der Waals surface area contributed by atoms with Crippen LogP contribution in [0, 0.1) is 11.3 Å². The monoisotopic (exact) mass is 307 g/mol. The zero-order chi connectivity index (χ0) is 15.6. The first-order chi connectivity index (χ1) is 9.99. The number of carbonyl (C=O) groups excluding carboxylic acids is 1. The summed E-state index contributed by atoms with van der Waals surface area (Å²) in [6.07, 6.45) is 0. The van der Waals surface area contributed by atoms with Crippen molar-refractivity contribution in [3.63, 3.8) is 0 Å². The molecule has 0 aromatic carbocycles. The van der Waals surface area contributed by atoms with E-state index in [1.54, 1.807) is 0 Å². The second kappa shape index (κ2) is 6.33. The summed E-state index contributed by atoms with van der Waals surface area (Å²) in [5.74, 6) is -0.204. The number of rotatable bonds is 3. The van der Waals surface area contributed by atoms with E-state index in [2.05, 4.69) is 35.2 Å². The maximum absolute atomic E-state index is 12.0. The molecule has 2 heterocycles. The molecule has 114 valence electrons. The molecule has 0 radical (unpaired) electrons. The highest BCUT2D eigenvalue weighted by Crippen LogP contribution is 2.39. The van der Waals surface area contributed by atoms with Crippen molar-refractivity contribution in [2.24, 2.45) is 0 Å². The third kappa shape index (κ3) is 2.96. The molecule has 0 bridgehead atoms. The van der Waals surface area contributed by atoms with Crippen molar-refractivity contribution >= 4 is 27.9 Å². The lowest BCUT2D eigenvalue weighted by atomic mass is 10.1. The third-order valence-corrected chi connectivity index (χ3v) is 4.91. The Kier molecular flexibility index (Phi) is 4.70. The number of hydrogen-bond acceptors (Lipinski definition) is 6. The normalized spacial score (nSPS) is 19.3. The van der Waals surface area contributed by atoms with Gasteiger partial charge in [0, 0.05) is 32.2 Å². The molecule has 1 unspecified atom stereocenters. The smallest absolute Gasteiger partial charge is 0.263 e. The van der Waals surface area contributed by atoms with E-state index < -0.39 is 0 Å². The van der Waals surface area contributed by atoms with Gasteiger partial charge in [-0.3, -0.25) is 4.79 Å². The first-order valence-electron chi connectivity index (χ1n) is 7.05. The van der Waals surface area contributed by atoms with Crippen molar-refractivity contribution in [3.05, 3.63) is 10.4 Å². The summed E-state index contributed by atoms with van der Waals surface area (Å²) < 4.78 is 0. The maximum atomic E-state index is 12.0. The predicted octanol–water partition coefficient (Wildman–Crippen LogP) is 1.09. The quantitative estimate of drug-likeness (QED) is 0.873. The number of nitriles is 1. The van der Waals surface area contributed by atoms with E-state index in [0.29, 0.717) is 22.7 Å². The summed E-state index contributed by atoms with van der Waals surface area (Å²) in [4.78, 5) is 16.9. The van der Waals surface area contributed by atoms with E-state index in [4.69, 9.17) is 5.73 Å². The van der Waals surface area contributed by atoms with Crippen LogP contribution in [0.2, 0.25) is 0 Å². The lowest BCUT2D eigenvalue weighted by Gasteiger charge is -2.39. The maximum Gasteiger partial charge on any atom is 0.263 e. The number of nitrogens with zero attached hydrogens (tertiary/aromatic N) is 3. The molecule has 0 spiro atoms. The summed E-state index contributed by atoms with van der Waals surface area (Å²) in [6, 6.07) is 2.45. The van der Waals surface area contributed by atoms with Crippen LogP contribution in [0.3, 0.4) is 0 Å². The molecule has 1 aliphatic heterocycles. The fourth-order valence-electron chi connectivity index (χ4n) is 2.59. The number of nitrogen functional groups attached to an aromatic ring is 1. The molecule has 3 N–H and O–H groups in total. The molecule has 7 heteroatoms. The highest BCUT2D eigenvalue weighted by molar-refractivity contribution is 7.19. The minimum absolute atomic E-state index is 0.204. The zero-order valence-corrected chi connectivity index (χ0v) is 13.5. The highest BCUT2D eigenvalue weighted by Gasteiger charge is 2.29. The topological polar surface area (TPSA) is 85.4 Å². The number of amides is 1. The Morgan fingerprint density at radius 3 is 2.86 bits per heavy atom. The van der Waals surface area contributed by atoms with Crippen molar-refractivity contribution in [3.8, 4) is 6.07 Å². The summed E-state index contributed by atoms with van der Waals surface area (Å²) in [7, 11) is 2.09. The van der Waals surface area contributed by atoms with Crippen molar-refractivity contribution in [1.82, 2.24) is 10.2 Å². The number of thiophene rings is 1. The predicted molar refractivity (Wildman–Crippen MR) is 85.8 cm³/mol. The van der Waals surface area contributed by atoms with Crippen LogP contribution in [-0.2, 0) is 0 Å². The van der Waals surface area contributed by atoms with Gasteiger partial charge < -0.3 is 20.9 Å². The van der Waals surface area contributed by atoms with Gasteiger partial charge in [-0.15, -0.1) is 11.3 Å². The third-order valence-electron chi connectivity index (χ3n) is 3.67. The number of nitrogens with one attached hydrogen (secondary N) is 1. The Morgan fingerprint density at radius 2 is 2.29 bits per heavy atom. The molecule has 1 amide bonds. The van der Waals surface area contributed by atoms with Gasteiger partial charge in [0.05, 0.1) is 5.69 Å². The molecule has 1 saturated heterocycles. The van der Waals surface area contributed by atoms with E-state index in [0.717, 1.165) is 24.6 Å². The van der Waals surface area contributed by atoms with Crippen LogP contribution in [0.5, 0.6) is 0 Å². The SMILES string of the molecule is CCNC(=O)c1sc(N2CCN(C)CC2C)c(C#N)c1N. The standard InChI is InChI=1S/C14H21N5OS/c1-4-17-13(20)12-11(16)10(7-15)14(21-12)19-6-5-18(3)8-9(19)2/h9H,4-6,8,16H2,1-3H3,(H,17,20). The molecule has 0 aliphatic carbocycles. The Balaban J connectivity index is 2.38. The fourth-order valence-corrected chi connectivity index (χ4v) is 3.81. The number of hydrogen-bond donors (Lipinski definition) is 2. The van der Waals surface area contributed by atoms with E-state index in [9.17, 15) is 10.1 Å². The van der Waals surface area contributed by atoms with Gasteiger partial charge in [0.15, 0.2) is 0 Å². The second-order valence-electron chi connectivity index (χ2n) is 5.30. The first kappa shape index (κ1) is 15.6. The van der Waals surface area contributed by atoms with Crippen molar-refractivity contribution in [2.75, 3.05) is 43.9 Å². The minimum atomic E-state index is -0.204. The second-order valence-corrected chi connectivity index (χ2v) is 6.30. The van der Waals surface area contributed by atoms with Crippen LogP contribution in [0.15, 0.2) is 0 Å². The summed E-state index contributed by atoms with van der Waals surface area (Å²) in [6.45, 7) is 7.22. The Bertz CT molecular complexity index is 577. The van der Waals surface area contributed by atoms with E-state index in [1.807, 2.05) is 6.92 Å².